The Morgan fingerprint density at radius 1 is 0.839 bits per heavy atom. The number of pyridine rings is 1. The lowest BCUT2D eigenvalue weighted by atomic mass is 9.92. The molecule has 2 aromatic heterocycles. The highest BCUT2D eigenvalue weighted by Gasteiger charge is 2.15. The highest BCUT2D eigenvalue weighted by atomic mass is 15.1. The highest BCUT2D eigenvalue weighted by Crippen LogP contribution is 2.35. The van der Waals surface area contributed by atoms with Crippen LogP contribution in [0.25, 0.3) is 33.2 Å². The number of hydrogen-bond donors (Lipinski definition) is 0. The van der Waals surface area contributed by atoms with Crippen LogP contribution in [0.1, 0.15) is 35.6 Å². The fraction of sp³-hybridized carbons (Fsp3) is 0.138. The van der Waals surface area contributed by atoms with Gasteiger partial charge in [-0.25, -0.2) is 4.98 Å². The largest absolute Gasteiger partial charge is 0.294 e. The third kappa shape index (κ3) is 3.34. The molecule has 2 heteroatoms. The third-order valence-electron chi connectivity index (χ3n) is 5.95. The van der Waals surface area contributed by atoms with E-state index in [1.807, 2.05) is 18.3 Å². The molecule has 0 fully saturated rings. The van der Waals surface area contributed by atoms with Crippen LogP contribution in [0, 0.1) is 13.8 Å². The van der Waals surface area contributed by atoms with Gasteiger partial charge in [0.05, 0.1) is 11.0 Å². The smallest absolute Gasteiger partial charge is 0.137 e. The van der Waals surface area contributed by atoms with Gasteiger partial charge in [-0.05, 0) is 66.8 Å². The Balaban J connectivity index is 1.81. The van der Waals surface area contributed by atoms with Gasteiger partial charge in [0.2, 0.25) is 0 Å². The summed E-state index contributed by atoms with van der Waals surface area (Å²) in [5.74, 6) is 0.943. The van der Waals surface area contributed by atoms with Crippen molar-refractivity contribution in [1.82, 2.24) is 9.55 Å². The van der Waals surface area contributed by atoms with Gasteiger partial charge in [0.15, 0.2) is 0 Å². The maximum atomic E-state index is 4.66. The van der Waals surface area contributed by atoms with Gasteiger partial charge in [0.25, 0.3) is 0 Å². The van der Waals surface area contributed by atoms with E-state index in [-0.39, 0.29) is 0 Å². The van der Waals surface area contributed by atoms with Crippen molar-refractivity contribution >= 4 is 27.4 Å². The first-order valence-corrected chi connectivity index (χ1v) is 10.9. The Morgan fingerprint density at radius 3 is 2.45 bits per heavy atom. The van der Waals surface area contributed by atoms with Gasteiger partial charge in [0.1, 0.15) is 5.82 Å². The first kappa shape index (κ1) is 19.3. The summed E-state index contributed by atoms with van der Waals surface area (Å²) >= 11 is 0. The Kier molecular flexibility index (Phi) is 4.91. The van der Waals surface area contributed by atoms with Crippen molar-refractivity contribution in [3.05, 3.63) is 113 Å². The number of rotatable bonds is 4. The van der Waals surface area contributed by atoms with E-state index in [1.165, 1.54) is 49.6 Å². The second-order valence-corrected chi connectivity index (χ2v) is 8.12. The Bertz CT molecular complexity index is 1420. The van der Waals surface area contributed by atoms with Crippen molar-refractivity contribution in [1.29, 1.82) is 0 Å². The first-order valence-electron chi connectivity index (χ1n) is 10.9. The zero-order chi connectivity index (χ0) is 21.4. The zero-order valence-corrected chi connectivity index (χ0v) is 18.3. The molecular formula is C29H26N2. The number of para-hydroxylation sites is 1. The van der Waals surface area contributed by atoms with Crippen LogP contribution >= 0.6 is 0 Å². The summed E-state index contributed by atoms with van der Waals surface area (Å²) in [6, 6.07) is 28.2. The van der Waals surface area contributed by atoms with E-state index in [2.05, 4.69) is 103 Å². The third-order valence-corrected chi connectivity index (χ3v) is 5.95. The summed E-state index contributed by atoms with van der Waals surface area (Å²) < 4.78 is 2.28. The summed E-state index contributed by atoms with van der Waals surface area (Å²) in [5.41, 5.74) is 8.79. The summed E-state index contributed by atoms with van der Waals surface area (Å²) in [6.07, 6.45) is 5.19. The summed E-state index contributed by atoms with van der Waals surface area (Å²) in [5, 5.41) is 2.50. The van der Waals surface area contributed by atoms with Gasteiger partial charge in [-0.2, -0.15) is 0 Å². The van der Waals surface area contributed by atoms with Gasteiger partial charge in [0, 0.05) is 17.0 Å². The maximum absolute atomic E-state index is 4.66. The first-order chi connectivity index (χ1) is 15.2. The summed E-state index contributed by atoms with van der Waals surface area (Å²) in [6.45, 7) is 6.56. The molecule has 0 unspecified atom stereocenters. The number of hydrogen-bond acceptors (Lipinski definition) is 1. The number of allylic oxidation sites excluding steroid dienone is 1. The average Bonchev–Trinajstić information content (AvgIpc) is 3.13. The van der Waals surface area contributed by atoms with Gasteiger partial charge < -0.3 is 0 Å². The molecule has 2 heterocycles. The molecule has 5 aromatic rings. The second-order valence-electron chi connectivity index (χ2n) is 8.12. The lowest BCUT2D eigenvalue weighted by Gasteiger charge is -2.14. The number of aryl methyl sites for hydroxylation is 2. The van der Waals surface area contributed by atoms with E-state index in [9.17, 15) is 0 Å². The quantitative estimate of drug-likeness (QED) is 0.302. The second kappa shape index (κ2) is 7.88. The fourth-order valence-corrected chi connectivity index (χ4v) is 4.48. The SMILES string of the molecule is CC/C=C(/c1ccc2c3ccccc3n(-c3ccccn3)c2c1)c1cc(C)ccc1C. The number of fused-ring (bicyclic) bond motifs is 3. The van der Waals surface area contributed by atoms with Crippen molar-refractivity contribution in [3.8, 4) is 5.82 Å². The van der Waals surface area contributed by atoms with Gasteiger partial charge in [-0.3, -0.25) is 4.57 Å². The van der Waals surface area contributed by atoms with Crippen LogP contribution < -0.4 is 0 Å². The average molecular weight is 403 g/mol. The minimum atomic E-state index is 0.943. The highest BCUT2D eigenvalue weighted by molar-refractivity contribution is 6.10. The van der Waals surface area contributed by atoms with Crippen LogP contribution in [0.2, 0.25) is 0 Å². The molecule has 31 heavy (non-hydrogen) atoms. The molecule has 0 amide bonds. The minimum absolute atomic E-state index is 0.943. The Labute approximate surface area is 183 Å². The zero-order valence-electron chi connectivity index (χ0n) is 18.3. The van der Waals surface area contributed by atoms with E-state index in [0.29, 0.717) is 0 Å². The lowest BCUT2D eigenvalue weighted by molar-refractivity contribution is 1.08. The normalized spacial score (nSPS) is 12.0. The van der Waals surface area contributed by atoms with Crippen LogP contribution in [-0.2, 0) is 0 Å². The molecular weight excluding hydrogens is 376 g/mol. The predicted molar refractivity (Wildman–Crippen MR) is 132 cm³/mol. The van der Waals surface area contributed by atoms with Crippen LogP contribution in [0.5, 0.6) is 0 Å². The van der Waals surface area contributed by atoms with Gasteiger partial charge in [-0.1, -0.05) is 73.2 Å². The number of benzene rings is 3. The van der Waals surface area contributed by atoms with E-state index in [4.69, 9.17) is 0 Å². The molecule has 152 valence electrons. The van der Waals surface area contributed by atoms with Crippen LogP contribution in [0.4, 0.5) is 0 Å². The van der Waals surface area contributed by atoms with Crippen molar-refractivity contribution < 1.29 is 0 Å². The predicted octanol–water partition coefficient (Wildman–Crippen LogP) is 7.64. The molecule has 5 rings (SSSR count). The molecule has 3 aromatic carbocycles. The Morgan fingerprint density at radius 2 is 1.65 bits per heavy atom. The van der Waals surface area contributed by atoms with E-state index < -0.39 is 0 Å². The molecule has 0 aliphatic rings. The summed E-state index contributed by atoms with van der Waals surface area (Å²) in [4.78, 5) is 4.66. The van der Waals surface area contributed by atoms with Crippen LogP contribution in [0.15, 0.2) is 91.1 Å². The lowest BCUT2D eigenvalue weighted by Crippen LogP contribution is -1.97. The molecule has 0 radical (unpaired) electrons. The summed E-state index contributed by atoms with van der Waals surface area (Å²) in [7, 11) is 0. The van der Waals surface area contributed by atoms with Crippen LogP contribution in [-0.4, -0.2) is 9.55 Å². The molecule has 0 aliphatic carbocycles. The van der Waals surface area contributed by atoms with Gasteiger partial charge in [-0.15, -0.1) is 0 Å². The maximum Gasteiger partial charge on any atom is 0.137 e. The molecule has 0 spiro atoms. The Hall–Kier alpha value is -3.65. The fourth-order valence-electron chi connectivity index (χ4n) is 4.48. The molecule has 0 saturated heterocycles. The van der Waals surface area contributed by atoms with Crippen molar-refractivity contribution in [2.24, 2.45) is 0 Å². The topological polar surface area (TPSA) is 17.8 Å². The van der Waals surface area contributed by atoms with Crippen molar-refractivity contribution in [2.75, 3.05) is 0 Å². The van der Waals surface area contributed by atoms with E-state index >= 15 is 0 Å². The molecule has 0 aliphatic heterocycles. The molecule has 2 nitrogen and oxygen atoms in total. The number of nitrogens with zero attached hydrogens (tertiary/aromatic N) is 2. The van der Waals surface area contributed by atoms with Crippen molar-refractivity contribution in [2.45, 2.75) is 27.2 Å². The molecule has 0 N–H and O–H groups in total. The van der Waals surface area contributed by atoms with E-state index in [1.54, 1.807) is 0 Å². The monoisotopic (exact) mass is 402 g/mol. The standard InChI is InChI=1S/C29H26N2/c1-4-9-23(26-18-20(2)13-14-21(26)3)22-15-16-25-24-10-5-6-11-27(24)31(28(25)19-22)29-12-7-8-17-30-29/h5-19H,4H2,1-3H3/b23-9-. The molecule has 0 bridgehead atoms. The minimum Gasteiger partial charge on any atom is -0.294 e. The van der Waals surface area contributed by atoms with Crippen LogP contribution in [0.3, 0.4) is 0 Å². The van der Waals surface area contributed by atoms with Crippen molar-refractivity contribution in [3.63, 3.8) is 0 Å². The van der Waals surface area contributed by atoms with E-state index in [0.717, 1.165) is 12.2 Å². The molecule has 0 saturated carbocycles. The van der Waals surface area contributed by atoms with Gasteiger partial charge >= 0.3 is 0 Å². The molecule has 0 atom stereocenters. The number of aromatic nitrogens is 2.